The number of hydrogen-bond donors (Lipinski definition) is 2. The summed E-state index contributed by atoms with van der Waals surface area (Å²) in [6, 6.07) is 4.74. The van der Waals surface area contributed by atoms with Crippen molar-refractivity contribution in [3.63, 3.8) is 0 Å². The number of hydrogen-bond acceptors (Lipinski definition) is 4. The predicted molar refractivity (Wildman–Crippen MR) is 67.3 cm³/mol. The van der Waals surface area contributed by atoms with Crippen LogP contribution in [0.5, 0.6) is 0 Å². The van der Waals surface area contributed by atoms with Gasteiger partial charge in [0, 0.05) is 18.8 Å². The van der Waals surface area contributed by atoms with E-state index in [9.17, 15) is 8.42 Å². The summed E-state index contributed by atoms with van der Waals surface area (Å²) in [7, 11) is -3.50. The average Bonchev–Trinajstić information content (AvgIpc) is 2.23. The zero-order valence-electron chi connectivity index (χ0n) is 10.1. The van der Waals surface area contributed by atoms with E-state index in [1.165, 1.54) is 6.07 Å². The number of ether oxygens (including phenoxy) is 1. The average molecular weight is 258 g/mol. The number of sulfonamides is 1. The number of nitrogens with two attached hydrogens (primary N) is 1. The summed E-state index contributed by atoms with van der Waals surface area (Å²) in [5, 5.41) is 0. The van der Waals surface area contributed by atoms with Crippen LogP contribution in [0.15, 0.2) is 23.1 Å². The van der Waals surface area contributed by atoms with Crippen LogP contribution in [0.2, 0.25) is 0 Å². The molecular formula is C11H18N2O3S. The molecule has 0 aliphatic heterocycles. The Morgan fingerprint density at radius 2 is 2.06 bits per heavy atom. The summed E-state index contributed by atoms with van der Waals surface area (Å²) in [5.74, 6) is 0. The van der Waals surface area contributed by atoms with E-state index in [-0.39, 0.29) is 11.4 Å². The minimum atomic E-state index is -3.50. The molecule has 6 heteroatoms. The highest BCUT2D eigenvalue weighted by molar-refractivity contribution is 7.89. The second kappa shape index (κ2) is 6.00. The molecule has 0 heterocycles. The van der Waals surface area contributed by atoms with E-state index in [0.717, 1.165) is 5.56 Å². The Bertz CT molecular complexity index is 451. The molecule has 0 saturated heterocycles. The molecule has 0 aliphatic carbocycles. The van der Waals surface area contributed by atoms with Crippen LogP contribution in [0.1, 0.15) is 12.5 Å². The Balaban J connectivity index is 2.75. The van der Waals surface area contributed by atoms with Crippen molar-refractivity contribution < 1.29 is 13.2 Å². The second-order valence-electron chi connectivity index (χ2n) is 3.67. The van der Waals surface area contributed by atoms with Crippen LogP contribution in [0.25, 0.3) is 0 Å². The van der Waals surface area contributed by atoms with Gasteiger partial charge < -0.3 is 10.5 Å². The maximum atomic E-state index is 11.9. The van der Waals surface area contributed by atoms with E-state index >= 15 is 0 Å². The third-order valence-corrected chi connectivity index (χ3v) is 3.57. The number of nitrogen functional groups attached to an aromatic ring is 1. The molecule has 0 aromatic heterocycles. The largest absolute Gasteiger partial charge is 0.399 e. The highest BCUT2D eigenvalue weighted by Crippen LogP contribution is 2.15. The van der Waals surface area contributed by atoms with E-state index in [1.807, 2.05) is 6.92 Å². The summed E-state index contributed by atoms with van der Waals surface area (Å²) in [6.45, 7) is 4.84. The maximum Gasteiger partial charge on any atom is 0.240 e. The lowest BCUT2D eigenvalue weighted by Gasteiger charge is -2.08. The fourth-order valence-corrected chi connectivity index (χ4v) is 2.56. The van der Waals surface area contributed by atoms with Gasteiger partial charge in [-0.3, -0.25) is 0 Å². The summed E-state index contributed by atoms with van der Waals surface area (Å²) in [5.41, 5.74) is 6.87. The van der Waals surface area contributed by atoms with Crippen LogP contribution in [0.3, 0.4) is 0 Å². The number of benzene rings is 1. The molecule has 0 atom stereocenters. The number of anilines is 1. The van der Waals surface area contributed by atoms with Gasteiger partial charge in [-0.2, -0.15) is 0 Å². The van der Waals surface area contributed by atoms with Crippen LogP contribution in [0.4, 0.5) is 5.69 Å². The molecule has 0 aliphatic rings. The zero-order valence-corrected chi connectivity index (χ0v) is 10.9. The molecule has 1 aromatic carbocycles. The summed E-state index contributed by atoms with van der Waals surface area (Å²) >= 11 is 0. The Morgan fingerprint density at radius 1 is 1.35 bits per heavy atom. The summed E-state index contributed by atoms with van der Waals surface area (Å²) < 4.78 is 31.3. The molecule has 3 N–H and O–H groups in total. The third kappa shape index (κ3) is 4.33. The van der Waals surface area contributed by atoms with Crippen molar-refractivity contribution >= 4 is 15.7 Å². The Morgan fingerprint density at radius 3 is 2.65 bits per heavy atom. The van der Waals surface area contributed by atoms with Crippen LogP contribution in [-0.4, -0.2) is 28.2 Å². The van der Waals surface area contributed by atoms with Crippen molar-refractivity contribution in [3.05, 3.63) is 23.8 Å². The zero-order chi connectivity index (χ0) is 12.9. The van der Waals surface area contributed by atoms with Crippen molar-refractivity contribution in [2.24, 2.45) is 0 Å². The molecular weight excluding hydrogens is 240 g/mol. The molecule has 1 aromatic rings. The van der Waals surface area contributed by atoms with Crippen LogP contribution in [-0.2, 0) is 14.8 Å². The SMILES string of the molecule is CCOCCNS(=O)(=O)c1cc(C)cc(N)c1. The van der Waals surface area contributed by atoms with E-state index in [1.54, 1.807) is 19.1 Å². The van der Waals surface area contributed by atoms with Crippen LogP contribution >= 0.6 is 0 Å². The third-order valence-electron chi connectivity index (χ3n) is 2.13. The van der Waals surface area contributed by atoms with Crippen molar-refractivity contribution in [2.75, 3.05) is 25.5 Å². The fourth-order valence-electron chi connectivity index (χ4n) is 1.41. The molecule has 5 nitrogen and oxygen atoms in total. The van der Waals surface area contributed by atoms with Gasteiger partial charge in [0.1, 0.15) is 0 Å². The van der Waals surface area contributed by atoms with E-state index in [4.69, 9.17) is 10.5 Å². The first-order chi connectivity index (χ1) is 7.95. The van der Waals surface area contributed by atoms with Gasteiger partial charge >= 0.3 is 0 Å². The van der Waals surface area contributed by atoms with Gasteiger partial charge in [0.15, 0.2) is 0 Å². The van der Waals surface area contributed by atoms with Gasteiger partial charge in [0.25, 0.3) is 0 Å². The first-order valence-corrected chi connectivity index (χ1v) is 6.88. The van der Waals surface area contributed by atoms with E-state index < -0.39 is 10.0 Å². The Kier molecular flexibility index (Phi) is 4.92. The molecule has 17 heavy (non-hydrogen) atoms. The molecule has 0 amide bonds. The van der Waals surface area contributed by atoms with Gasteiger partial charge in [-0.1, -0.05) is 0 Å². The lowest BCUT2D eigenvalue weighted by molar-refractivity contribution is 0.153. The lowest BCUT2D eigenvalue weighted by Crippen LogP contribution is -2.27. The Hall–Kier alpha value is -1.11. The first kappa shape index (κ1) is 14.0. The highest BCUT2D eigenvalue weighted by Gasteiger charge is 2.13. The van der Waals surface area contributed by atoms with Crippen molar-refractivity contribution in [3.8, 4) is 0 Å². The number of aryl methyl sites for hydroxylation is 1. The Labute approximate surface area is 102 Å². The predicted octanol–water partition coefficient (Wildman–Crippen LogP) is 0.892. The molecule has 1 rings (SSSR count). The summed E-state index contributed by atoms with van der Waals surface area (Å²) in [6.07, 6.45) is 0. The molecule has 0 bridgehead atoms. The molecule has 0 unspecified atom stereocenters. The highest BCUT2D eigenvalue weighted by atomic mass is 32.2. The van der Waals surface area contributed by atoms with Gasteiger partial charge in [0.2, 0.25) is 10.0 Å². The van der Waals surface area contributed by atoms with Gasteiger partial charge in [0.05, 0.1) is 11.5 Å². The maximum absolute atomic E-state index is 11.9. The minimum Gasteiger partial charge on any atom is -0.399 e. The fraction of sp³-hybridized carbons (Fsp3) is 0.455. The van der Waals surface area contributed by atoms with Gasteiger partial charge in [-0.25, -0.2) is 13.1 Å². The summed E-state index contributed by atoms with van der Waals surface area (Å²) in [4.78, 5) is 0.187. The normalized spacial score (nSPS) is 11.6. The van der Waals surface area contributed by atoms with E-state index in [2.05, 4.69) is 4.72 Å². The monoisotopic (exact) mass is 258 g/mol. The number of nitrogens with one attached hydrogen (secondary N) is 1. The van der Waals surface area contributed by atoms with E-state index in [0.29, 0.717) is 18.9 Å². The van der Waals surface area contributed by atoms with Crippen molar-refractivity contribution in [1.29, 1.82) is 0 Å². The molecule has 0 spiro atoms. The first-order valence-electron chi connectivity index (χ1n) is 5.40. The van der Waals surface area contributed by atoms with Crippen LogP contribution < -0.4 is 10.5 Å². The second-order valence-corrected chi connectivity index (χ2v) is 5.44. The molecule has 0 radical (unpaired) electrons. The van der Waals surface area contributed by atoms with Gasteiger partial charge in [-0.05, 0) is 37.6 Å². The topological polar surface area (TPSA) is 81.4 Å². The van der Waals surface area contributed by atoms with Crippen molar-refractivity contribution in [1.82, 2.24) is 4.72 Å². The van der Waals surface area contributed by atoms with Crippen LogP contribution in [0, 0.1) is 6.92 Å². The standard InChI is InChI=1S/C11H18N2O3S/c1-3-16-5-4-13-17(14,15)11-7-9(2)6-10(12)8-11/h6-8,13H,3-5,12H2,1-2H3. The molecule has 96 valence electrons. The molecule has 0 saturated carbocycles. The van der Waals surface area contributed by atoms with Crippen molar-refractivity contribution in [2.45, 2.75) is 18.7 Å². The lowest BCUT2D eigenvalue weighted by atomic mass is 10.2. The quantitative estimate of drug-likeness (QED) is 0.586. The molecule has 0 fully saturated rings. The number of rotatable bonds is 6. The van der Waals surface area contributed by atoms with Gasteiger partial charge in [-0.15, -0.1) is 0 Å². The smallest absolute Gasteiger partial charge is 0.240 e. The minimum absolute atomic E-state index is 0.187.